The van der Waals surface area contributed by atoms with Crippen molar-refractivity contribution in [3.8, 4) is 0 Å². The molecule has 3 heteroatoms. The van der Waals surface area contributed by atoms with Gasteiger partial charge in [-0.3, -0.25) is 0 Å². The molecule has 0 N–H and O–H groups in total. The van der Waals surface area contributed by atoms with Crippen LogP contribution in [-0.2, 0) is 0 Å². The first-order chi connectivity index (χ1) is 4.33. The molecule has 0 aromatic carbocycles. The van der Waals surface area contributed by atoms with Gasteiger partial charge in [0.25, 0.3) is 0 Å². The molecule has 0 atom stereocenters. The summed E-state index contributed by atoms with van der Waals surface area (Å²) < 4.78 is 4.82. The Labute approximate surface area is 58.6 Å². The van der Waals surface area contributed by atoms with Crippen molar-refractivity contribution < 1.29 is 4.52 Å². The Hall–Kier alpha value is -0.440. The third kappa shape index (κ3) is 1.75. The molecule has 1 aromatic heterocycles. The number of nitrogens with zero attached hydrogens (tertiary/aromatic N) is 1. The van der Waals surface area contributed by atoms with E-state index in [1.807, 2.05) is 25.0 Å². The van der Waals surface area contributed by atoms with Crippen LogP contribution in [0.15, 0.2) is 10.6 Å². The van der Waals surface area contributed by atoms with E-state index in [2.05, 4.69) is 5.16 Å². The number of thioether (sulfide) groups is 1. The average Bonchev–Trinajstić information content (AvgIpc) is 2.17. The van der Waals surface area contributed by atoms with Gasteiger partial charge in [0.05, 0.1) is 11.4 Å². The second-order valence-corrected chi connectivity index (χ2v) is 2.42. The summed E-state index contributed by atoms with van der Waals surface area (Å²) in [6.07, 6.45) is 1.99. The van der Waals surface area contributed by atoms with Crippen molar-refractivity contribution in [1.29, 1.82) is 0 Å². The normalized spacial score (nSPS) is 10.0. The quantitative estimate of drug-likeness (QED) is 0.630. The van der Waals surface area contributed by atoms with Crippen molar-refractivity contribution in [2.24, 2.45) is 0 Å². The number of rotatable bonds is 2. The van der Waals surface area contributed by atoms with Crippen molar-refractivity contribution in [3.05, 3.63) is 23.3 Å². The van der Waals surface area contributed by atoms with Gasteiger partial charge in [-0.25, -0.2) is 0 Å². The maximum Gasteiger partial charge on any atom is 0.133 e. The Morgan fingerprint density at radius 1 is 1.78 bits per heavy atom. The molecule has 2 nitrogen and oxygen atoms in total. The molecule has 1 radical (unpaired) electrons. The minimum absolute atomic E-state index is 0.857. The molecular formula is C6H8NOS. The Kier molecular flexibility index (Phi) is 2.16. The monoisotopic (exact) mass is 142 g/mol. The van der Waals surface area contributed by atoms with Crippen molar-refractivity contribution in [3.63, 3.8) is 0 Å². The second kappa shape index (κ2) is 2.92. The largest absolute Gasteiger partial charge is 0.361 e. The summed E-state index contributed by atoms with van der Waals surface area (Å²) in [6.45, 7) is 1.88. The molecule has 0 unspecified atom stereocenters. The maximum absolute atomic E-state index is 4.82. The van der Waals surface area contributed by atoms with E-state index in [1.165, 1.54) is 0 Å². The van der Waals surface area contributed by atoms with Crippen LogP contribution in [0.5, 0.6) is 0 Å². The van der Waals surface area contributed by atoms with E-state index in [1.54, 1.807) is 11.8 Å². The van der Waals surface area contributed by atoms with Gasteiger partial charge in [0, 0.05) is 6.07 Å². The predicted molar refractivity (Wildman–Crippen MR) is 38.2 cm³/mol. The number of aryl methyl sites for hydroxylation is 1. The molecule has 0 aliphatic rings. The first-order valence-corrected chi connectivity index (χ1v) is 3.91. The molecular weight excluding hydrogens is 134 g/mol. The summed E-state index contributed by atoms with van der Waals surface area (Å²) in [5.74, 6) is 2.80. The Balaban J connectivity index is 2.61. The molecule has 9 heavy (non-hydrogen) atoms. The van der Waals surface area contributed by atoms with Gasteiger partial charge in [-0.1, -0.05) is 5.16 Å². The molecule has 0 aliphatic heterocycles. The highest BCUT2D eigenvalue weighted by Gasteiger charge is 1.96. The molecule has 1 heterocycles. The first kappa shape index (κ1) is 6.68. The van der Waals surface area contributed by atoms with Crippen molar-refractivity contribution in [1.82, 2.24) is 5.16 Å². The third-order valence-electron chi connectivity index (χ3n) is 0.885. The lowest BCUT2D eigenvalue weighted by Crippen LogP contribution is -1.71. The van der Waals surface area contributed by atoms with E-state index in [9.17, 15) is 0 Å². The highest BCUT2D eigenvalue weighted by Crippen LogP contribution is 2.10. The van der Waals surface area contributed by atoms with Gasteiger partial charge in [0.1, 0.15) is 5.76 Å². The van der Waals surface area contributed by atoms with Gasteiger partial charge >= 0.3 is 0 Å². The Morgan fingerprint density at radius 3 is 3.00 bits per heavy atom. The van der Waals surface area contributed by atoms with Crippen LogP contribution in [0.25, 0.3) is 0 Å². The summed E-state index contributed by atoms with van der Waals surface area (Å²) in [7, 11) is 0. The molecule has 0 spiro atoms. The molecule has 0 aliphatic carbocycles. The summed E-state index contributed by atoms with van der Waals surface area (Å²) in [4.78, 5) is 0. The zero-order valence-corrected chi connectivity index (χ0v) is 6.23. The second-order valence-electron chi connectivity index (χ2n) is 1.72. The van der Waals surface area contributed by atoms with Gasteiger partial charge in [0.2, 0.25) is 0 Å². The van der Waals surface area contributed by atoms with Crippen LogP contribution in [0.1, 0.15) is 11.5 Å². The molecule has 0 saturated heterocycles. The van der Waals surface area contributed by atoms with Crippen LogP contribution < -0.4 is 0 Å². The number of aromatic nitrogens is 1. The molecule has 0 fully saturated rings. The zero-order valence-electron chi connectivity index (χ0n) is 5.42. The van der Waals surface area contributed by atoms with Crippen LogP contribution in [0.3, 0.4) is 0 Å². The van der Waals surface area contributed by atoms with Crippen LogP contribution in [0.2, 0.25) is 0 Å². The van der Waals surface area contributed by atoms with Crippen LogP contribution in [0, 0.1) is 12.7 Å². The minimum atomic E-state index is 0.857. The van der Waals surface area contributed by atoms with E-state index in [4.69, 9.17) is 4.52 Å². The first-order valence-electron chi connectivity index (χ1n) is 2.62. The fraction of sp³-hybridized carbons (Fsp3) is 0.333. The van der Waals surface area contributed by atoms with Gasteiger partial charge in [-0.05, 0) is 13.2 Å². The molecule has 49 valence electrons. The summed E-state index contributed by atoms with van der Waals surface area (Å²) in [5, 5.41) is 3.75. The summed E-state index contributed by atoms with van der Waals surface area (Å²) in [5.41, 5.74) is 0.903. The van der Waals surface area contributed by atoms with E-state index in [0.717, 1.165) is 11.5 Å². The molecule has 1 rings (SSSR count). The lowest BCUT2D eigenvalue weighted by atomic mass is 10.4. The van der Waals surface area contributed by atoms with Gasteiger partial charge < -0.3 is 4.52 Å². The van der Waals surface area contributed by atoms with Crippen LogP contribution >= 0.6 is 11.8 Å². The predicted octanol–water partition coefficient (Wildman–Crippen LogP) is 1.86. The van der Waals surface area contributed by atoms with E-state index >= 15 is 0 Å². The molecule has 0 amide bonds. The van der Waals surface area contributed by atoms with E-state index in [0.29, 0.717) is 0 Å². The Bertz CT molecular complexity index is 185. The maximum atomic E-state index is 4.82. The molecule has 1 aromatic rings. The lowest BCUT2D eigenvalue weighted by Gasteiger charge is -1.82. The van der Waals surface area contributed by atoms with Crippen molar-refractivity contribution in [2.75, 3.05) is 6.26 Å². The Morgan fingerprint density at radius 2 is 2.56 bits per heavy atom. The highest BCUT2D eigenvalue weighted by molar-refractivity contribution is 8.00. The summed E-state index contributed by atoms with van der Waals surface area (Å²) in [6, 6.07) is 1.90. The smallest absolute Gasteiger partial charge is 0.133 e. The van der Waals surface area contributed by atoms with Gasteiger partial charge in [-0.2, -0.15) is 11.8 Å². The lowest BCUT2D eigenvalue weighted by molar-refractivity contribution is 0.395. The average molecular weight is 142 g/mol. The molecule has 0 bridgehead atoms. The fourth-order valence-electron chi connectivity index (χ4n) is 0.562. The van der Waals surface area contributed by atoms with E-state index < -0.39 is 0 Å². The van der Waals surface area contributed by atoms with Gasteiger partial charge in [-0.15, -0.1) is 0 Å². The number of hydrogen-bond donors (Lipinski definition) is 0. The SMILES string of the molecule is CS[CH]c1cc(C)on1. The van der Waals surface area contributed by atoms with Gasteiger partial charge in [0.15, 0.2) is 0 Å². The van der Waals surface area contributed by atoms with Crippen LogP contribution in [0.4, 0.5) is 0 Å². The third-order valence-corrected chi connectivity index (χ3v) is 1.36. The van der Waals surface area contributed by atoms with Crippen molar-refractivity contribution in [2.45, 2.75) is 6.92 Å². The highest BCUT2D eigenvalue weighted by atomic mass is 32.2. The topological polar surface area (TPSA) is 26.0 Å². The summed E-state index contributed by atoms with van der Waals surface area (Å²) >= 11 is 1.62. The fourth-order valence-corrected chi connectivity index (χ4v) is 0.915. The van der Waals surface area contributed by atoms with Crippen molar-refractivity contribution >= 4 is 11.8 Å². The zero-order chi connectivity index (χ0) is 6.69. The standard InChI is InChI=1S/C6H8NOS/c1-5-3-6(4-9-2)7-8-5/h3-4H,1-2H3. The van der Waals surface area contributed by atoms with Crippen LogP contribution in [-0.4, -0.2) is 11.4 Å². The molecule has 0 saturated carbocycles. The minimum Gasteiger partial charge on any atom is -0.361 e. The van der Waals surface area contributed by atoms with E-state index in [-0.39, 0.29) is 0 Å². The number of hydrogen-bond acceptors (Lipinski definition) is 3.